The van der Waals surface area contributed by atoms with E-state index < -0.39 is 0 Å². The number of hydrogen-bond acceptors (Lipinski definition) is 5. The van der Waals surface area contributed by atoms with Crippen molar-refractivity contribution in [2.24, 2.45) is 7.05 Å². The lowest BCUT2D eigenvalue weighted by molar-refractivity contribution is 0.541. The Kier molecular flexibility index (Phi) is 2.72. The largest absolute Gasteiger partial charge is 0.280 e. The number of aromatic nitrogens is 5. The van der Waals surface area contributed by atoms with Gasteiger partial charge >= 0.3 is 0 Å². The Morgan fingerprint density at radius 3 is 3.07 bits per heavy atom. The van der Waals surface area contributed by atoms with Gasteiger partial charge in [-0.25, -0.2) is 9.36 Å². The fourth-order valence-electron chi connectivity index (χ4n) is 1.34. The summed E-state index contributed by atoms with van der Waals surface area (Å²) in [5.74, 6) is 0.721. The molecule has 0 bridgehead atoms. The molecule has 80 valence electrons. The molecule has 0 radical (unpaired) electrons. The maximum absolute atomic E-state index is 11.8. The first-order chi connectivity index (χ1) is 7.24. The normalized spacial score (nSPS) is 11.1. The van der Waals surface area contributed by atoms with Crippen molar-refractivity contribution in [2.45, 2.75) is 13.0 Å². The molecular formula is C8H11N5OS. The molecule has 0 saturated heterocycles. The van der Waals surface area contributed by atoms with Crippen molar-refractivity contribution < 1.29 is 0 Å². The molecule has 0 atom stereocenters. The van der Waals surface area contributed by atoms with Gasteiger partial charge in [-0.3, -0.25) is 4.79 Å². The Hall–Kier alpha value is -1.37. The molecule has 2 aromatic heterocycles. The molecule has 0 aliphatic rings. The monoisotopic (exact) mass is 225 g/mol. The van der Waals surface area contributed by atoms with E-state index in [1.165, 1.54) is 15.6 Å². The Bertz CT molecular complexity index is 531. The quantitative estimate of drug-likeness (QED) is 0.737. The second kappa shape index (κ2) is 4.01. The topological polar surface area (TPSA) is 65.6 Å². The van der Waals surface area contributed by atoms with Crippen molar-refractivity contribution in [3.05, 3.63) is 16.6 Å². The first-order valence-corrected chi connectivity index (χ1v) is 5.23. The second-order valence-electron chi connectivity index (χ2n) is 3.20. The van der Waals surface area contributed by atoms with Crippen molar-refractivity contribution in [3.8, 4) is 0 Å². The van der Waals surface area contributed by atoms with Gasteiger partial charge in [-0.2, -0.15) is 17.7 Å². The molecule has 0 N–H and O–H groups in total. The van der Waals surface area contributed by atoms with Gasteiger partial charge in [0.2, 0.25) is 0 Å². The van der Waals surface area contributed by atoms with E-state index in [9.17, 15) is 4.79 Å². The van der Waals surface area contributed by atoms with Gasteiger partial charge in [-0.1, -0.05) is 5.21 Å². The highest BCUT2D eigenvalue weighted by molar-refractivity contribution is 7.80. The highest BCUT2D eigenvalue weighted by Crippen LogP contribution is 2.01. The van der Waals surface area contributed by atoms with Crippen LogP contribution in [0.5, 0.6) is 0 Å². The van der Waals surface area contributed by atoms with Crippen LogP contribution in [0, 0.1) is 0 Å². The van der Waals surface area contributed by atoms with Gasteiger partial charge in [0.05, 0.1) is 6.20 Å². The summed E-state index contributed by atoms with van der Waals surface area (Å²) in [4.78, 5) is 11.8. The standard InChI is InChI=1S/C8H11N5OS/c1-12-7-6(5-9-12)8(14)13(11-10-7)3-2-4-15/h5,15H,2-4H2,1H3. The summed E-state index contributed by atoms with van der Waals surface area (Å²) in [5, 5.41) is 12.2. The number of hydrogen-bond donors (Lipinski definition) is 1. The zero-order valence-corrected chi connectivity index (χ0v) is 9.18. The minimum atomic E-state index is -0.144. The number of fused-ring (bicyclic) bond motifs is 1. The summed E-state index contributed by atoms with van der Waals surface area (Å²) in [6, 6.07) is 0. The number of rotatable bonds is 3. The summed E-state index contributed by atoms with van der Waals surface area (Å²) in [5.41, 5.74) is 0.372. The van der Waals surface area contributed by atoms with Gasteiger partial charge in [0, 0.05) is 13.6 Å². The van der Waals surface area contributed by atoms with Gasteiger partial charge in [0.15, 0.2) is 5.65 Å². The van der Waals surface area contributed by atoms with Crippen molar-refractivity contribution in [1.29, 1.82) is 0 Å². The van der Waals surface area contributed by atoms with E-state index in [1.807, 2.05) is 0 Å². The molecular weight excluding hydrogens is 214 g/mol. The fraction of sp³-hybridized carbons (Fsp3) is 0.500. The molecule has 2 aromatic rings. The van der Waals surface area contributed by atoms with Gasteiger partial charge in [0.1, 0.15) is 5.39 Å². The molecule has 0 aromatic carbocycles. The van der Waals surface area contributed by atoms with E-state index >= 15 is 0 Å². The van der Waals surface area contributed by atoms with Crippen LogP contribution in [0.25, 0.3) is 11.0 Å². The van der Waals surface area contributed by atoms with E-state index in [-0.39, 0.29) is 5.56 Å². The van der Waals surface area contributed by atoms with Crippen LogP contribution in [-0.4, -0.2) is 30.5 Å². The summed E-state index contributed by atoms with van der Waals surface area (Å²) < 4.78 is 2.88. The molecule has 6 nitrogen and oxygen atoms in total. The predicted molar refractivity (Wildman–Crippen MR) is 59.0 cm³/mol. The molecule has 7 heteroatoms. The number of nitrogens with zero attached hydrogens (tertiary/aromatic N) is 5. The number of aryl methyl sites for hydroxylation is 2. The second-order valence-corrected chi connectivity index (χ2v) is 3.65. The minimum Gasteiger partial charge on any atom is -0.267 e. The maximum atomic E-state index is 11.8. The van der Waals surface area contributed by atoms with Crippen molar-refractivity contribution in [2.75, 3.05) is 5.75 Å². The van der Waals surface area contributed by atoms with Crippen LogP contribution in [0.3, 0.4) is 0 Å². The van der Waals surface area contributed by atoms with Crippen LogP contribution in [0.2, 0.25) is 0 Å². The summed E-state index contributed by atoms with van der Waals surface area (Å²) in [6.07, 6.45) is 2.31. The summed E-state index contributed by atoms with van der Waals surface area (Å²) >= 11 is 4.08. The zero-order valence-electron chi connectivity index (χ0n) is 8.29. The van der Waals surface area contributed by atoms with Crippen LogP contribution < -0.4 is 5.56 Å². The van der Waals surface area contributed by atoms with Crippen LogP contribution in [-0.2, 0) is 13.6 Å². The van der Waals surface area contributed by atoms with Crippen LogP contribution in [0.1, 0.15) is 6.42 Å². The third-order valence-electron chi connectivity index (χ3n) is 2.15. The van der Waals surface area contributed by atoms with Gasteiger partial charge in [-0.05, 0) is 12.2 Å². The molecule has 0 fully saturated rings. The summed E-state index contributed by atoms with van der Waals surface area (Å²) in [6.45, 7) is 0.542. The zero-order chi connectivity index (χ0) is 10.8. The van der Waals surface area contributed by atoms with E-state index in [2.05, 4.69) is 28.0 Å². The third kappa shape index (κ3) is 1.74. The molecule has 0 spiro atoms. The van der Waals surface area contributed by atoms with E-state index in [0.717, 1.165) is 12.2 Å². The van der Waals surface area contributed by atoms with Gasteiger partial charge in [-0.15, -0.1) is 5.10 Å². The molecule has 0 aliphatic carbocycles. The molecule has 0 saturated carbocycles. The Morgan fingerprint density at radius 1 is 1.53 bits per heavy atom. The lowest BCUT2D eigenvalue weighted by Gasteiger charge is -2.00. The molecule has 2 rings (SSSR count). The molecule has 0 aliphatic heterocycles. The molecule has 2 heterocycles. The number of thiol groups is 1. The van der Waals surface area contributed by atoms with Crippen molar-refractivity contribution in [1.82, 2.24) is 24.8 Å². The molecule has 0 amide bonds. The summed E-state index contributed by atoms with van der Waals surface area (Å²) in [7, 11) is 1.73. The van der Waals surface area contributed by atoms with E-state index in [0.29, 0.717) is 17.6 Å². The maximum Gasteiger partial charge on any atom is 0.280 e. The Balaban J connectivity index is 2.51. The van der Waals surface area contributed by atoms with Crippen molar-refractivity contribution in [3.63, 3.8) is 0 Å². The smallest absolute Gasteiger partial charge is 0.267 e. The van der Waals surface area contributed by atoms with Crippen LogP contribution >= 0.6 is 12.6 Å². The van der Waals surface area contributed by atoms with Crippen LogP contribution in [0.15, 0.2) is 11.0 Å². The van der Waals surface area contributed by atoms with Crippen LogP contribution in [0.4, 0.5) is 0 Å². The molecule has 0 unspecified atom stereocenters. The average molecular weight is 225 g/mol. The lowest BCUT2D eigenvalue weighted by atomic mass is 10.4. The third-order valence-corrected chi connectivity index (χ3v) is 2.46. The van der Waals surface area contributed by atoms with Crippen molar-refractivity contribution >= 4 is 23.7 Å². The SMILES string of the molecule is Cn1ncc2c(=O)n(CCCS)nnc21. The Labute approximate surface area is 91.3 Å². The van der Waals surface area contributed by atoms with Gasteiger partial charge in [0.25, 0.3) is 5.56 Å². The van der Waals surface area contributed by atoms with E-state index in [4.69, 9.17) is 0 Å². The first kappa shape index (κ1) is 10.2. The fourth-order valence-corrected chi connectivity index (χ4v) is 1.48. The average Bonchev–Trinajstić information content (AvgIpc) is 2.61. The Morgan fingerprint density at radius 2 is 2.33 bits per heavy atom. The molecule has 15 heavy (non-hydrogen) atoms. The first-order valence-electron chi connectivity index (χ1n) is 4.60. The predicted octanol–water partition coefficient (Wildman–Crippen LogP) is -0.155. The highest BCUT2D eigenvalue weighted by atomic mass is 32.1. The lowest BCUT2D eigenvalue weighted by Crippen LogP contribution is -2.24. The highest BCUT2D eigenvalue weighted by Gasteiger charge is 2.08. The minimum absolute atomic E-state index is 0.144. The van der Waals surface area contributed by atoms with Gasteiger partial charge < -0.3 is 0 Å². The van der Waals surface area contributed by atoms with E-state index in [1.54, 1.807) is 7.05 Å².